The van der Waals surface area contributed by atoms with Gasteiger partial charge in [0.05, 0.1) is 11.7 Å². The predicted molar refractivity (Wildman–Crippen MR) is 77.8 cm³/mol. The zero-order chi connectivity index (χ0) is 14.7. The van der Waals surface area contributed by atoms with E-state index in [4.69, 9.17) is 14.6 Å². The molecule has 0 aromatic heterocycles. The van der Waals surface area contributed by atoms with Gasteiger partial charge in [-0.3, -0.25) is 0 Å². The Morgan fingerprint density at radius 2 is 2.05 bits per heavy atom. The summed E-state index contributed by atoms with van der Waals surface area (Å²) in [5.74, 6) is 0.535. The maximum Gasteiger partial charge on any atom is 0.335 e. The van der Waals surface area contributed by atoms with E-state index < -0.39 is 5.97 Å². The van der Waals surface area contributed by atoms with Crippen LogP contribution in [0.15, 0.2) is 24.3 Å². The molecule has 1 aliphatic carbocycles. The third-order valence-corrected chi connectivity index (χ3v) is 4.10. The van der Waals surface area contributed by atoms with Gasteiger partial charge in [-0.1, -0.05) is 0 Å². The average Bonchev–Trinajstić information content (AvgIpc) is 3.23. The Morgan fingerprint density at radius 3 is 2.71 bits per heavy atom. The van der Waals surface area contributed by atoms with Crippen molar-refractivity contribution in [2.24, 2.45) is 5.92 Å². The van der Waals surface area contributed by atoms with Crippen LogP contribution in [0.1, 0.15) is 29.6 Å². The van der Waals surface area contributed by atoms with Crippen LogP contribution >= 0.6 is 0 Å². The first-order chi connectivity index (χ1) is 10.2. The Labute approximate surface area is 124 Å². The first-order valence-corrected chi connectivity index (χ1v) is 7.55. The Bertz CT molecular complexity index is 484. The van der Waals surface area contributed by atoms with Gasteiger partial charge in [0.15, 0.2) is 0 Å². The molecule has 1 aromatic rings. The molecule has 2 fully saturated rings. The number of aromatic carboxylic acids is 1. The SMILES string of the molecule is O=C(O)c1ccc(OCCNC2CCOC2C2CC2)cc1. The van der Waals surface area contributed by atoms with Gasteiger partial charge in [0.25, 0.3) is 0 Å². The molecule has 0 amide bonds. The second kappa shape index (κ2) is 6.45. The number of nitrogens with one attached hydrogen (secondary N) is 1. The van der Waals surface area contributed by atoms with Gasteiger partial charge in [-0.25, -0.2) is 4.79 Å². The Balaban J connectivity index is 1.38. The van der Waals surface area contributed by atoms with E-state index in [2.05, 4.69) is 5.32 Å². The molecule has 5 nitrogen and oxygen atoms in total. The molecule has 1 heterocycles. The summed E-state index contributed by atoms with van der Waals surface area (Å²) in [7, 11) is 0. The van der Waals surface area contributed by atoms with Gasteiger partial charge in [-0.15, -0.1) is 0 Å². The Hall–Kier alpha value is -1.59. The minimum Gasteiger partial charge on any atom is -0.492 e. The van der Waals surface area contributed by atoms with Gasteiger partial charge >= 0.3 is 5.97 Å². The molecule has 1 saturated heterocycles. The molecule has 21 heavy (non-hydrogen) atoms. The van der Waals surface area contributed by atoms with Gasteiger partial charge in [-0.2, -0.15) is 0 Å². The van der Waals surface area contributed by atoms with Gasteiger partial charge in [0.1, 0.15) is 12.4 Å². The Kier molecular flexibility index (Phi) is 4.41. The minimum atomic E-state index is -0.921. The lowest BCUT2D eigenvalue weighted by Gasteiger charge is -2.19. The molecule has 3 rings (SSSR count). The third kappa shape index (κ3) is 3.74. The summed E-state index contributed by atoms with van der Waals surface area (Å²) in [6, 6.07) is 6.94. The first-order valence-electron chi connectivity index (χ1n) is 7.55. The summed E-state index contributed by atoms with van der Waals surface area (Å²) < 4.78 is 11.4. The monoisotopic (exact) mass is 291 g/mol. The number of carboxylic acid groups (broad SMARTS) is 1. The molecule has 5 heteroatoms. The van der Waals surface area contributed by atoms with Gasteiger partial charge in [-0.05, 0) is 49.4 Å². The van der Waals surface area contributed by atoms with Crippen molar-refractivity contribution in [3.63, 3.8) is 0 Å². The smallest absolute Gasteiger partial charge is 0.335 e. The lowest BCUT2D eigenvalue weighted by Crippen LogP contribution is -2.39. The van der Waals surface area contributed by atoms with Crippen molar-refractivity contribution < 1.29 is 19.4 Å². The molecule has 1 aromatic carbocycles. The van der Waals surface area contributed by atoms with Crippen LogP contribution in [-0.4, -0.2) is 43.0 Å². The molecule has 0 spiro atoms. The lowest BCUT2D eigenvalue weighted by atomic mass is 10.1. The highest BCUT2D eigenvalue weighted by atomic mass is 16.5. The highest BCUT2D eigenvalue weighted by Crippen LogP contribution is 2.38. The van der Waals surface area contributed by atoms with E-state index in [0.29, 0.717) is 24.5 Å². The fourth-order valence-corrected chi connectivity index (χ4v) is 2.83. The second-order valence-corrected chi connectivity index (χ2v) is 5.70. The average molecular weight is 291 g/mol. The molecule has 2 atom stereocenters. The largest absolute Gasteiger partial charge is 0.492 e. The molecule has 1 saturated carbocycles. The summed E-state index contributed by atoms with van der Waals surface area (Å²) in [6.07, 6.45) is 4.07. The number of rotatable bonds is 7. The van der Waals surface area contributed by atoms with Gasteiger partial charge < -0.3 is 19.9 Å². The van der Waals surface area contributed by atoms with Crippen LogP contribution in [0.25, 0.3) is 0 Å². The quantitative estimate of drug-likeness (QED) is 0.751. The van der Waals surface area contributed by atoms with Crippen LogP contribution in [-0.2, 0) is 4.74 Å². The fourth-order valence-electron chi connectivity index (χ4n) is 2.83. The van der Waals surface area contributed by atoms with Gasteiger partial charge in [0, 0.05) is 19.2 Å². The number of hydrogen-bond acceptors (Lipinski definition) is 4. The molecule has 0 radical (unpaired) electrons. The van der Waals surface area contributed by atoms with Crippen LogP contribution in [0.2, 0.25) is 0 Å². The van der Waals surface area contributed by atoms with E-state index in [9.17, 15) is 4.79 Å². The zero-order valence-corrected chi connectivity index (χ0v) is 12.0. The number of hydrogen-bond donors (Lipinski definition) is 2. The highest BCUT2D eigenvalue weighted by molar-refractivity contribution is 5.87. The maximum atomic E-state index is 10.7. The normalized spacial score (nSPS) is 25.0. The number of carbonyl (C=O) groups is 1. The van der Waals surface area contributed by atoms with Crippen LogP contribution in [0.5, 0.6) is 5.75 Å². The number of carboxylic acids is 1. The van der Waals surface area contributed by atoms with Crippen LogP contribution < -0.4 is 10.1 Å². The van der Waals surface area contributed by atoms with E-state index in [-0.39, 0.29) is 5.56 Å². The van der Waals surface area contributed by atoms with Crippen LogP contribution in [0.4, 0.5) is 0 Å². The first kappa shape index (κ1) is 14.4. The molecule has 1 aliphatic heterocycles. The van der Waals surface area contributed by atoms with Crippen molar-refractivity contribution in [2.45, 2.75) is 31.4 Å². The topological polar surface area (TPSA) is 67.8 Å². The lowest BCUT2D eigenvalue weighted by molar-refractivity contribution is 0.0697. The standard InChI is InChI=1S/C16H21NO4/c18-16(19)12-3-5-13(6-4-12)20-10-8-17-14-7-9-21-15(14)11-1-2-11/h3-6,11,14-15,17H,1-2,7-10H2,(H,18,19). The van der Waals surface area contributed by atoms with E-state index in [1.807, 2.05) is 0 Å². The van der Waals surface area contributed by atoms with Crippen LogP contribution in [0.3, 0.4) is 0 Å². The summed E-state index contributed by atoms with van der Waals surface area (Å²) in [5.41, 5.74) is 0.274. The van der Waals surface area contributed by atoms with Crippen molar-refractivity contribution in [1.29, 1.82) is 0 Å². The second-order valence-electron chi connectivity index (χ2n) is 5.70. The van der Waals surface area contributed by atoms with Gasteiger partial charge in [0.2, 0.25) is 0 Å². The van der Waals surface area contributed by atoms with Crippen molar-refractivity contribution >= 4 is 5.97 Å². The molecule has 2 N–H and O–H groups in total. The molecule has 2 unspecified atom stereocenters. The van der Waals surface area contributed by atoms with E-state index in [0.717, 1.165) is 25.5 Å². The molecular formula is C16H21NO4. The third-order valence-electron chi connectivity index (χ3n) is 4.10. The number of benzene rings is 1. The predicted octanol–water partition coefficient (Wildman–Crippen LogP) is 1.92. The number of ether oxygens (including phenoxy) is 2. The van der Waals surface area contributed by atoms with Crippen molar-refractivity contribution in [3.8, 4) is 5.75 Å². The van der Waals surface area contributed by atoms with Crippen molar-refractivity contribution in [3.05, 3.63) is 29.8 Å². The maximum absolute atomic E-state index is 10.7. The van der Waals surface area contributed by atoms with E-state index >= 15 is 0 Å². The van der Waals surface area contributed by atoms with E-state index in [1.54, 1.807) is 24.3 Å². The summed E-state index contributed by atoms with van der Waals surface area (Å²) in [4.78, 5) is 10.7. The van der Waals surface area contributed by atoms with Crippen molar-refractivity contribution in [1.82, 2.24) is 5.32 Å². The highest BCUT2D eigenvalue weighted by Gasteiger charge is 2.40. The summed E-state index contributed by atoms with van der Waals surface area (Å²) >= 11 is 0. The Morgan fingerprint density at radius 1 is 1.29 bits per heavy atom. The van der Waals surface area contributed by atoms with Crippen LogP contribution in [0, 0.1) is 5.92 Å². The fraction of sp³-hybridized carbons (Fsp3) is 0.562. The summed E-state index contributed by atoms with van der Waals surface area (Å²) in [5, 5.41) is 12.3. The van der Waals surface area contributed by atoms with E-state index in [1.165, 1.54) is 12.8 Å². The molecular weight excluding hydrogens is 270 g/mol. The molecule has 2 aliphatic rings. The molecule has 114 valence electrons. The zero-order valence-electron chi connectivity index (χ0n) is 12.0. The molecule has 0 bridgehead atoms. The van der Waals surface area contributed by atoms with Crippen molar-refractivity contribution in [2.75, 3.05) is 19.8 Å². The minimum absolute atomic E-state index is 0.274. The summed E-state index contributed by atoms with van der Waals surface area (Å²) in [6.45, 7) is 2.20.